The standard InChI is InChI=1S/C23H25ClF3N3O4/c1-14(29-22(33)23(25,26)27)15-5-7-16(8-6-15)20(31)28-12-19-13-34-10-9-30(19)21(32)17-3-2-4-18(24)11-17/h2-8,11,14,19,22,29,33H,9-10,12-13H2,1H3,(H,28,31). The van der Waals surface area contributed by atoms with Crippen molar-refractivity contribution in [1.29, 1.82) is 0 Å². The van der Waals surface area contributed by atoms with E-state index in [1.165, 1.54) is 31.2 Å². The predicted molar refractivity (Wildman–Crippen MR) is 119 cm³/mol. The maximum absolute atomic E-state index is 12.9. The summed E-state index contributed by atoms with van der Waals surface area (Å²) in [5.41, 5.74) is 1.22. The average Bonchev–Trinajstić information content (AvgIpc) is 2.81. The van der Waals surface area contributed by atoms with Crippen molar-refractivity contribution in [3.63, 3.8) is 0 Å². The Morgan fingerprint density at radius 3 is 2.56 bits per heavy atom. The van der Waals surface area contributed by atoms with Crippen LogP contribution in [0.3, 0.4) is 0 Å². The van der Waals surface area contributed by atoms with Crippen LogP contribution in [0, 0.1) is 0 Å². The lowest BCUT2D eigenvalue weighted by molar-refractivity contribution is -0.215. The molecule has 2 amide bonds. The van der Waals surface area contributed by atoms with Gasteiger partial charge in [-0.15, -0.1) is 0 Å². The Kier molecular flexibility index (Phi) is 8.53. The molecule has 0 aromatic heterocycles. The molecule has 7 nitrogen and oxygen atoms in total. The monoisotopic (exact) mass is 499 g/mol. The lowest BCUT2D eigenvalue weighted by Gasteiger charge is -2.35. The Labute approximate surface area is 199 Å². The van der Waals surface area contributed by atoms with Gasteiger partial charge < -0.3 is 20.1 Å². The number of halogens is 4. The molecule has 1 aliphatic rings. The second-order valence-corrected chi connectivity index (χ2v) is 8.34. The van der Waals surface area contributed by atoms with Gasteiger partial charge in [0.05, 0.1) is 19.3 Å². The molecule has 184 valence electrons. The summed E-state index contributed by atoms with van der Waals surface area (Å²) in [6.45, 7) is 2.64. The Hall–Kier alpha value is -2.66. The number of ether oxygens (including phenoxy) is 1. The quantitative estimate of drug-likeness (QED) is 0.509. The maximum atomic E-state index is 12.9. The fraction of sp³-hybridized carbons (Fsp3) is 0.391. The summed E-state index contributed by atoms with van der Waals surface area (Å²) in [5, 5.41) is 14.4. The van der Waals surface area contributed by atoms with Gasteiger partial charge in [0.1, 0.15) is 0 Å². The molecule has 0 bridgehead atoms. The van der Waals surface area contributed by atoms with E-state index >= 15 is 0 Å². The van der Waals surface area contributed by atoms with Gasteiger partial charge in [0, 0.05) is 35.3 Å². The zero-order valence-electron chi connectivity index (χ0n) is 18.3. The molecule has 1 saturated heterocycles. The number of morpholine rings is 1. The normalized spacial score (nSPS) is 18.3. The number of amides is 2. The highest BCUT2D eigenvalue weighted by atomic mass is 35.5. The predicted octanol–water partition coefficient (Wildman–Crippen LogP) is 3.14. The summed E-state index contributed by atoms with van der Waals surface area (Å²) >= 11 is 5.99. The van der Waals surface area contributed by atoms with Crippen LogP contribution in [-0.4, -0.2) is 66.6 Å². The fourth-order valence-electron chi connectivity index (χ4n) is 3.54. The van der Waals surface area contributed by atoms with E-state index in [9.17, 15) is 22.8 Å². The molecule has 0 saturated carbocycles. The van der Waals surface area contributed by atoms with Crippen molar-refractivity contribution in [2.45, 2.75) is 31.4 Å². The second kappa shape index (κ2) is 11.2. The van der Waals surface area contributed by atoms with E-state index in [0.29, 0.717) is 34.9 Å². The Morgan fingerprint density at radius 2 is 1.91 bits per heavy atom. The molecule has 2 aromatic carbocycles. The number of hydrogen-bond acceptors (Lipinski definition) is 5. The van der Waals surface area contributed by atoms with E-state index in [4.69, 9.17) is 21.4 Å². The largest absolute Gasteiger partial charge is 0.427 e. The second-order valence-electron chi connectivity index (χ2n) is 7.90. The van der Waals surface area contributed by atoms with Crippen molar-refractivity contribution in [3.05, 3.63) is 70.2 Å². The van der Waals surface area contributed by atoms with Crippen LogP contribution < -0.4 is 10.6 Å². The van der Waals surface area contributed by atoms with Gasteiger partial charge in [-0.25, -0.2) is 0 Å². The molecule has 3 N–H and O–H groups in total. The number of carbonyl (C=O) groups is 2. The van der Waals surface area contributed by atoms with Gasteiger partial charge in [-0.05, 0) is 42.8 Å². The van der Waals surface area contributed by atoms with Gasteiger partial charge in [-0.3, -0.25) is 14.9 Å². The van der Waals surface area contributed by atoms with Crippen molar-refractivity contribution >= 4 is 23.4 Å². The summed E-state index contributed by atoms with van der Waals surface area (Å²) < 4.78 is 43.0. The summed E-state index contributed by atoms with van der Waals surface area (Å²) in [4.78, 5) is 27.1. The minimum absolute atomic E-state index is 0.155. The maximum Gasteiger partial charge on any atom is 0.427 e. The topological polar surface area (TPSA) is 90.9 Å². The number of carbonyl (C=O) groups excluding carboxylic acids is 2. The van der Waals surface area contributed by atoms with Gasteiger partial charge in [-0.1, -0.05) is 29.8 Å². The summed E-state index contributed by atoms with van der Waals surface area (Å²) in [7, 11) is 0. The molecule has 3 rings (SSSR count). The van der Waals surface area contributed by atoms with E-state index in [1.807, 2.05) is 0 Å². The van der Waals surface area contributed by atoms with E-state index in [2.05, 4.69) is 10.6 Å². The van der Waals surface area contributed by atoms with Crippen LogP contribution in [0.4, 0.5) is 13.2 Å². The van der Waals surface area contributed by atoms with Crippen molar-refractivity contribution in [2.75, 3.05) is 26.3 Å². The number of aliphatic hydroxyl groups excluding tert-OH is 1. The zero-order valence-corrected chi connectivity index (χ0v) is 19.1. The number of nitrogens with one attached hydrogen (secondary N) is 2. The number of benzene rings is 2. The number of alkyl halides is 3. The Balaban J connectivity index is 1.59. The third kappa shape index (κ3) is 6.69. The van der Waals surface area contributed by atoms with Gasteiger partial charge in [0.15, 0.2) is 0 Å². The first-order chi connectivity index (χ1) is 16.1. The van der Waals surface area contributed by atoms with Crippen LogP contribution in [0.5, 0.6) is 0 Å². The molecule has 2 aromatic rings. The van der Waals surface area contributed by atoms with Gasteiger partial charge in [-0.2, -0.15) is 13.2 Å². The highest BCUT2D eigenvalue weighted by Crippen LogP contribution is 2.22. The molecule has 0 spiro atoms. The number of aliphatic hydroxyl groups is 1. The molecule has 11 heteroatoms. The van der Waals surface area contributed by atoms with Gasteiger partial charge >= 0.3 is 6.18 Å². The number of hydrogen-bond donors (Lipinski definition) is 3. The summed E-state index contributed by atoms with van der Waals surface area (Å²) in [6.07, 6.45) is -7.43. The van der Waals surface area contributed by atoms with Crippen LogP contribution in [0.1, 0.15) is 39.2 Å². The molecular formula is C23H25ClF3N3O4. The number of rotatable bonds is 7. The SMILES string of the molecule is CC(NC(O)C(F)(F)F)c1ccc(C(=O)NCC2COCCN2C(=O)c2cccc(Cl)c2)cc1. The number of nitrogens with zero attached hydrogens (tertiary/aromatic N) is 1. The highest BCUT2D eigenvalue weighted by molar-refractivity contribution is 6.30. The minimum Gasteiger partial charge on any atom is -0.377 e. The first-order valence-electron chi connectivity index (χ1n) is 10.6. The van der Waals surface area contributed by atoms with Crippen molar-refractivity contribution in [1.82, 2.24) is 15.5 Å². The average molecular weight is 500 g/mol. The zero-order chi connectivity index (χ0) is 24.9. The van der Waals surface area contributed by atoms with Crippen LogP contribution >= 0.6 is 11.6 Å². The fourth-order valence-corrected chi connectivity index (χ4v) is 3.73. The summed E-state index contributed by atoms with van der Waals surface area (Å²) in [6, 6.07) is 11.4. The van der Waals surface area contributed by atoms with Crippen LogP contribution in [0.15, 0.2) is 48.5 Å². The van der Waals surface area contributed by atoms with Gasteiger partial charge in [0.2, 0.25) is 6.23 Å². The summed E-state index contributed by atoms with van der Waals surface area (Å²) in [5.74, 6) is -0.611. The third-order valence-corrected chi connectivity index (χ3v) is 5.68. The van der Waals surface area contributed by atoms with Crippen LogP contribution in [0.2, 0.25) is 5.02 Å². The highest BCUT2D eigenvalue weighted by Gasteiger charge is 2.39. The smallest absolute Gasteiger partial charge is 0.377 e. The molecule has 3 unspecified atom stereocenters. The molecular weight excluding hydrogens is 475 g/mol. The van der Waals surface area contributed by atoms with Crippen molar-refractivity contribution < 1.29 is 32.6 Å². The molecule has 34 heavy (non-hydrogen) atoms. The third-order valence-electron chi connectivity index (χ3n) is 5.45. The molecule has 0 radical (unpaired) electrons. The van der Waals surface area contributed by atoms with Crippen molar-refractivity contribution in [2.24, 2.45) is 0 Å². The first kappa shape index (κ1) is 26.0. The Bertz CT molecular complexity index is 1000. The molecule has 1 heterocycles. The Morgan fingerprint density at radius 1 is 1.21 bits per heavy atom. The van der Waals surface area contributed by atoms with E-state index in [-0.39, 0.29) is 25.1 Å². The van der Waals surface area contributed by atoms with Crippen LogP contribution in [-0.2, 0) is 4.74 Å². The van der Waals surface area contributed by atoms with E-state index in [0.717, 1.165) is 0 Å². The molecule has 1 fully saturated rings. The molecule has 0 aliphatic carbocycles. The van der Waals surface area contributed by atoms with E-state index in [1.54, 1.807) is 29.2 Å². The van der Waals surface area contributed by atoms with E-state index < -0.39 is 24.4 Å². The molecule has 1 aliphatic heterocycles. The lowest BCUT2D eigenvalue weighted by atomic mass is 10.1. The van der Waals surface area contributed by atoms with Gasteiger partial charge in [0.25, 0.3) is 11.8 Å². The minimum atomic E-state index is -4.78. The first-order valence-corrected chi connectivity index (χ1v) is 11.0. The lowest BCUT2D eigenvalue weighted by Crippen LogP contribution is -2.53. The molecule has 3 atom stereocenters. The van der Waals surface area contributed by atoms with Crippen molar-refractivity contribution in [3.8, 4) is 0 Å². The van der Waals surface area contributed by atoms with Crippen LogP contribution in [0.25, 0.3) is 0 Å².